The molecule has 2 aromatic rings. The largest absolute Gasteiger partial charge is 0.463 e. The molecule has 1 N–H and O–H groups in total. The highest BCUT2D eigenvalue weighted by molar-refractivity contribution is 7.09. The normalized spacial score (nSPS) is 10.3. The number of rotatable bonds is 4. The van der Waals surface area contributed by atoms with Crippen LogP contribution in [0.5, 0.6) is 0 Å². The third-order valence-electron chi connectivity index (χ3n) is 2.31. The van der Waals surface area contributed by atoms with Crippen molar-refractivity contribution in [3.63, 3.8) is 0 Å². The Morgan fingerprint density at radius 3 is 2.74 bits per heavy atom. The first-order valence-corrected chi connectivity index (χ1v) is 6.55. The molecule has 19 heavy (non-hydrogen) atoms. The molecule has 2 aromatic heterocycles. The molecule has 0 bridgehead atoms. The molecule has 100 valence electrons. The van der Waals surface area contributed by atoms with Crippen LogP contribution in [0.15, 0.2) is 11.4 Å². The molecule has 7 heteroatoms. The molecule has 6 nitrogen and oxygen atoms in total. The van der Waals surface area contributed by atoms with Crippen molar-refractivity contribution in [2.75, 3.05) is 12.4 Å². The van der Waals surface area contributed by atoms with Crippen LogP contribution in [0, 0.1) is 13.8 Å². The Bertz CT molecular complexity index is 597. The Morgan fingerprint density at radius 1 is 1.32 bits per heavy atom. The predicted octanol–water partition coefficient (Wildman–Crippen LogP) is 1.95. The Kier molecular flexibility index (Phi) is 4.06. The number of ether oxygens (including phenoxy) is 1. The van der Waals surface area contributed by atoms with Gasteiger partial charge in [0.25, 0.3) is 0 Å². The Balaban J connectivity index is 2.11. The van der Waals surface area contributed by atoms with Gasteiger partial charge in [0.1, 0.15) is 10.8 Å². The lowest BCUT2D eigenvalue weighted by molar-refractivity contribution is 0.0586. The van der Waals surface area contributed by atoms with Gasteiger partial charge >= 0.3 is 5.97 Å². The molecule has 2 heterocycles. The van der Waals surface area contributed by atoms with Crippen molar-refractivity contribution in [1.29, 1.82) is 0 Å². The van der Waals surface area contributed by atoms with Crippen LogP contribution in [-0.4, -0.2) is 28.0 Å². The number of anilines is 1. The molecule has 0 fully saturated rings. The summed E-state index contributed by atoms with van der Waals surface area (Å²) in [6.07, 6.45) is 0. The summed E-state index contributed by atoms with van der Waals surface area (Å²) in [5, 5.41) is 6.08. The minimum absolute atomic E-state index is 0.0559. The molecule has 0 aromatic carbocycles. The molecule has 0 spiro atoms. The molecular formula is C12H14N4O2S. The van der Waals surface area contributed by atoms with Crippen LogP contribution in [0.4, 0.5) is 5.82 Å². The molecule has 0 radical (unpaired) electrons. The van der Waals surface area contributed by atoms with E-state index in [2.05, 4.69) is 25.0 Å². The number of methoxy groups -OCH3 is 1. The Hall–Kier alpha value is -2.02. The predicted molar refractivity (Wildman–Crippen MR) is 72.3 cm³/mol. The summed E-state index contributed by atoms with van der Waals surface area (Å²) >= 11 is 1.58. The summed E-state index contributed by atoms with van der Waals surface area (Å²) in [4.78, 5) is 23.9. The maximum atomic E-state index is 11.4. The summed E-state index contributed by atoms with van der Waals surface area (Å²) in [6, 6.07) is 1.77. The second-order valence-electron chi connectivity index (χ2n) is 3.95. The summed E-state index contributed by atoms with van der Waals surface area (Å²) in [6.45, 7) is 4.31. The molecule has 0 atom stereocenters. The zero-order valence-electron chi connectivity index (χ0n) is 10.9. The first-order chi connectivity index (χ1) is 9.08. The van der Waals surface area contributed by atoms with Gasteiger partial charge in [0.15, 0.2) is 0 Å². The average molecular weight is 278 g/mol. The van der Waals surface area contributed by atoms with Crippen molar-refractivity contribution in [1.82, 2.24) is 15.0 Å². The van der Waals surface area contributed by atoms with E-state index in [4.69, 9.17) is 0 Å². The number of nitrogens with one attached hydrogen (secondary N) is 1. The van der Waals surface area contributed by atoms with Crippen molar-refractivity contribution in [3.8, 4) is 0 Å². The van der Waals surface area contributed by atoms with E-state index in [1.54, 1.807) is 24.3 Å². The molecule has 0 aliphatic rings. The second kappa shape index (κ2) is 5.75. The first-order valence-electron chi connectivity index (χ1n) is 5.67. The van der Waals surface area contributed by atoms with Crippen molar-refractivity contribution >= 4 is 23.1 Å². The Morgan fingerprint density at radius 2 is 2.11 bits per heavy atom. The van der Waals surface area contributed by atoms with Gasteiger partial charge in [0.2, 0.25) is 5.82 Å². The van der Waals surface area contributed by atoms with Crippen molar-refractivity contribution in [2.45, 2.75) is 20.4 Å². The summed E-state index contributed by atoms with van der Waals surface area (Å²) in [7, 11) is 1.31. The van der Waals surface area contributed by atoms with Gasteiger partial charge in [0.05, 0.1) is 13.7 Å². The van der Waals surface area contributed by atoms with Gasteiger partial charge in [-0.2, -0.15) is 0 Å². The highest BCUT2D eigenvalue weighted by Gasteiger charge is 2.11. The molecule has 0 saturated carbocycles. The number of hydrogen-bond acceptors (Lipinski definition) is 7. The number of aromatic nitrogens is 3. The lowest BCUT2D eigenvalue weighted by atomic mass is 10.4. The van der Waals surface area contributed by atoms with E-state index < -0.39 is 5.97 Å². The number of carbonyl (C=O) groups excluding carboxylic acids is 1. The highest BCUT2D eigenvalue weighted by atomic mass is 32.1. The minimum Gasteiger partial charge on any atom is -0.463 e. The third kappa shape index (κ3) is 3.47. The van der Waals surface area contributed by atoms with Crippen LogP contribution >= 0.6 is 11.3 Å². The van der Waals surface area contributed by atoms with Gasteiger partial charge in [-0.15, -0.1) is 11.3 Å². The van der Waals surface area contributed by atoms with E-state index in [-0.39, 0.29) is 5.82 Å². The van der Waals surface area contributed by atoms with Crippen LogP contribution in [0.2, 0.25) is 0 Å². The lowest BCUT2D eigenvalue weighted by Gasteiger charge is -2.06. The quantitative estimate of drug-likeness (QED) is 0.861. The first kappa shape index (κ1) is 13.4. The SMILES string of the molecule is COC(=O)c1nc(C)cc(NCc2nc(C)cs2)n1. The number of esters is 1. The van der Waals surface area contributed by atoms with Crippen LogP contribution in [0.25, 0.3) is 0 Å². The van der Waals surface area contributed by atoms with E-state index in [9.17, 15) is 4.79 Å². The molecule has 0 unspecified atom stereocenters. The van der Waals surface area contributed by atoms with Gasteiger partial charge in [0, 0.05) is 22.8 Å². The van der Waals surface area contributed by atoms with E-state index >= 15 is 0 Å². The van der Waals surface area contributed by atoms with Crippen LogP contribution in [0.3, 0.4) is 0 Å². The topological polar surface area (TPSA) is 77.0 Å². The smallest absolute Gasteiger partial charge is 0.376 e. The zero-order valence-corrected chi connectivity index (χ0v) is 11.7. The maximum Gasteiger partial charge on any atom is 0.376 e. The third-order valence-corrected chi connectivity index (χ3v) is 3.28. The van der Waals surface area contributed by atoms with Gasteiger partial charge in [-0.3, -0.25) is 0 Å². The Labute approximate surface area is 114 Å². The fourth-order valence-electron chi connectivity index (χ4n) is 1.49. The standard InChI is InChI=1S/C12H14N4O2S/c1-7-4-9(16-11(15-7)12(17)18-3)13-5-10-14-8(2)6-19-10/h4,6H,5H2,1-3H3,(H,13,15,16). The van der Waals surface area contributed by atoms with Gasteiger partial charge < -0.3 is 10.1 Å². The summed E-state index contributed by atoms with van der Waals surface area (Å²) in [5.41, 5.74) is 1.70. The van der Waals surface area contributed by atoms with E-state index in [0.29, 0.717) is 18.1 Å². The highest BCUT2D eigenvalue weighted by Crippen LogP contribution is 2.12. The molecular weight excluding hydrogens is 264 g/mol. The van der Waals surface area contributed by atoms with Gasteiger partial charge in [-0.05, 0) is 13.8 Å². The number of nitrogens with zero attached hydrogens (tertiary/aromatic N) is 3. The number of aryl methyl sites for hydroxylation is 2. The molecule has 2 rings (SSSR count). The summed E-state index contributed by atoms with van der Waals surface area (Å²) < 4.78 is 4.61. The van der Waals surface area contributed by atoms with Gasteiger partial charge in [-0.1, -0.05) is 0 Å². The van der Waals surface area contributed by atoms with Crippen molar-refractivity contribution < 1.29 is 9.53 Å². The van der Waals surface area contributed by atoms with Crippen molar-refractivity contribution in [2.24, 2.45) is 0 Å². The fourth-order valence-corrected chi connectivity index (χ4v) is 2.20. The molecule has 0 amide bonds. The maximum absolute atomic E-state index is 11.4. The minimum atomic E-state index is -0.545. The average Bonchev–Trinajstić information content (AvgIpc) is 2.80. The monoisotopic (exact) mass is 278 g/mol. The number of carbonyl (C=O) groups is 1. The number of hydrogen-bond donors (Lipinski definition) is 1. The van der Waals surface area contributed by atoms with Crippen LogP contribution in [0.1, 0.15) is 27.0 Å². The molecule has 0 saturated heterocycles. The molecule has 0 aliphatic carbocycles. The second-order valence-corrected chi connectivity index (χ2v) is 4.89. The lowest BCUT2D eigenvalue weighted by Crippen LogP contribution is -2.11. The van der Waals surface area contributed by atoms with Crippen molar-refractivity contribution in [3.05, 3.63) is 33.7 Å². The van der Waals surface area contributed by atoms with Crippen LogP contribution in [-0.2, 0) is 11.3 Å². The van der Waals surface area contributed by atoms with E-state index in [1.807, 2.05) is 12.3 Å². The zero-order chi connectivity index (χ0) is 13.8. The van der Waals surface area contributed by atoms with E-state index in [0.717, 1.165) is 10.7 Å². The van der Waals surface area contributed by atoms with Crippen LogP contribution < -0.4 is 5.32 Å². The van der Waals surface area contributed by atoms with E-state index in [1.165, 1.54) is 7.11 Å². The number of thiazole rings is 1. The fraction of sp³-hybridized carbons (Fsp3) is 0.333. The van der Waals surface area contributed by atoms with Gasteiger partial charge in [-0.25, -0.2) is 19.7 Å². The molecule has 0 aliphatic heterocycles. The summed E-state index contributed by atoms with van der Waals surface area (Å²) in [5.74, 6) is 0.0953.